The van der Waals surface area contributed by atoms with E-state index in [1.54, 1.807) is 27.4 Å². The van der Waals surface area contributed by atoms with Crippen molar-refractivity contribution in [3.05, 3.63) is 46.3 Å². The molecule has 0 saturated carbocycles. The lowest BCUT2D eigenvalue weighted by molar-refractivity contribution is -0.117. The molecule has 3 aromatic rings. The number of nitrogens with zero attached hydrogens (tertiary/aromatic N) is 2. The summed E-state index contributed by atoms with van der Waals surface area (Å²) in [5.41, 5.74) is 2.88. The van der Waals surface area contributed by atoms with Gasteiger partial charge in [-0.25, -0.2) is 0 Å². The average molecular weight is 401 g/mol. The van der Waals surface area contributed by atoms with Gasteiger partial charge in [0.1, 0.15) is 22.8 Å². The van der Waals surface area contributed by atoms with Gasteiger partial charge in [0.2, 0.25) is 0 Å². The second-order valence-corrected chi connectivity index (χ2v) is 7.23. The van der Waals surface area contributed by atoms with Gasteiger partial charge < -0.3 is 18.8 Å². The Morgan fingerprint density at radius 3 is 2.46 bits per heavy atom. The highest BCUT2D eigenvalue weighted by Gasteiger charge is 2.14. The van der Waals surface area contributed by atoms with Gasteiger partial charge in [0.05, 0.1) is 32.5 Å². The quantitative estimate of drug-likeness (QED) is 0.633. The van der Waals surface area contributed by atoms with Crippen LogP contribution in [0, 0.1) is 6.92 Å². The molecule has 0 fully saturated rings. The predicted octanol–water partition coefficient (Wildman–Crippen LogP) is 3.73. The number of carbonyl (C=O) groups is 1. The van der Waals surface area contributed by atoms with Crippen molar-refractivity contribution in [2.75, 3.05) is 21.3 Å². The highest BCUT2D eigenvalue weighted by atomic mass is 32.1. The lowest BCUT2D eigenvalue weighted by Gasteiger charge is -2.09. The van der Waals surface area contributed by atoms with Gasteiger partial charge in [-0.1, -0.05) is 23.5 Å². The molecule has 148 valence electrons. The highest BCUT2D eigenvalue weighted by molar-refractivity contribution is 7.16. The number of ether oxygens (including phenoxy) is 3. The largest absolute Gasteiger partial charge is 0.497 e. The Kier molecular flexibility index (Phi) is 6.04. The zero-order valence-corrected chi connectivity index (χ0v) is 17.6. The Labute approximate surface area is 168 Å². The molecule has 0 radical (unpaired) electrons. The molecule has 0 atom stereocenters. The maximum Gasteiger partial charge on any atom is 0.252 e. The van der Waals surface area contributed by atoms with E-state index >= 15 is 0 Å². The second-order valence-electron chi connectivity index (χ2n) is 6.25. The fourth-order valence-electron chi connectivity index (χ4n) is 3.13. The predicted molar refractivity (Wildman–Crippen MR) is 111 cm³/mol. The number of thiazole rings is 1. The van der Waals surface area contributed by atoms with E-state index in [-0.39, 0.29) is 12.3 Å². The Hall–Kier alpha value is -2.80. The molecule has 1 aromatic heterocycles. The normalized spacial score (nSPS) is 11.7. The van der Waals surface area contributed by atoms with Crippen LogP contribution in [0.4, 0.5) is 0 Å². The molecule has 2 aromatic carbocycles. The molecule has 0 aliphatic heterocycles. The van der Waals surface area contributed by atoms with Crippen LogP contribution in [0.3, 0.4) is 0 Å². The van der Waals surface area contributed by atoms with E-state index in [1.165, 1.54) is 11.3 Å². The Morgan fingerprint density at radius 2 is 1.82 bits per heavy atom. The molecule has 28 heavy (non-hydrogen) atoms. The molecule has 0 saturated heterocycles. The third kappa shape index (κ3) is 3.75. The molecule has 1 heterocycles. The minimum Gasteiger partial charge on any atom is -0.497 e. The van der Waals surface area contributed by atoms with E-state index < -0.39 is 0 Å². The van der Waals surface area contributed by atoms with Crippen molar-refractivity contribution in [3.8, 4) is 17.2 Å². The van der Waals surface area contributed by atoms with E-state index in [2.05, 4.69) is 4.99 Å². The van der Waals surface area contributed by atoms with Crippen LogP contribution in [0.15, 0.2) is 35.3 Å². The molecular weight excluding hydrogens is 376 g/mol. The lowest BCUT2D eigenvalue weighted by atomic mass is 10.1. The number of benzene rings is 2. The van der Waals surface area contributed by atoms with Crippen LogP contribution in [-0.4, -0.2) is 31.8 Å². The summed E-state index contributed by atoms with van der Waals surface area (Å²) < 4.78 is 19.2. The first kappa shape index (κ1) is 19.9. The number of aryl methyl sites for hydroxylation is 2. The minimum atomic E-state index is -0.228. The van der Waals surface area contributed by atoms with Crippen LogP contribution in [0.25, 0.3) is 10.2 Å². The van der Waals surface area contributed by atoms with Crippen LogP contribution in [0.2, 0.25) is 0 Å². The number of hydrogen-bond acceptors (Lipinski definition) is 5. The molecule has 7 heteroatoms. The van der Waals surface area contributed by atoms with Gasteiger partial charge in [0.15, 0.2) is 4.80 Å². The Bertz CT molecular complexity index is 1080. The smallest absolute Gasteiger partial charge is 0.252 e. The Morgan fingerprint density at radius 1 is 1.07 bits per heavy atom. The Balaban J connectivity index is 2.03. The number of methoxy groups -OCH3 is 3. The second kappa shape index (κ2) is 8.48. The standard InChI is InChI=1S/C21H24N2O4S/c1-6-23-19-16(26-4)10-7-13(2)20(19)28-21(23)22-18(24)11-14-8-9-15(25-3)12-17(14)27-5/h7-10,12H,6,11H2,1-5H3. The van der Waals surface area contributed by atoms with Crippen molar-refractivity contribution >= 4 is 27.5 Å². The van der Waals surface area contributed by atoms with Crippen LogP contribution in [-0.2, 0) is 17.8 Å². The number of rotatable bonds is 6. The van der Waals surface area contributed by atoms with Crippen LogP contribution in [0.1, 0.15) is 18.1 Å². The summed E-state index contributed by atoms with van der Waals surface area (Å²) in [5, 5.41) is 0. The summed E-state index contributed by atoms with van der Waals surface area (Å²) >= 11 is 1.50. The summed E-state index contributed by atoms with van der Waals surface area (Å²) in [6.07, 6.45) is 0.154. The topological polar surface area (TPSA) is 62.1 Å². The minimum absolute atomic E-state index is 0.154. The van der Waals surface area contributed by atoms with Crippen LogP contribution >= 0.6 is 11.3 Å². The third-order valence-electron chi connectivity index (χ3n) is 4.58. The zero-order chi connectivity index (χ0) is 20.3. The first-order valence-electron chi connectivity index (χ1n) is 8.97. The molecule has 6 nitrogen and oxygen atoms in total. The fraction of sp³-hybridized carbons (Fsp3) is 0.333. The maximum atomic E-state index is 12.7. The van der Waals surface area contributed by atoms with Crippen molar-refractivity contribution in [1.82, 2.24) is 4.57 Å². The van der Waals surface area contributed by atoms with Crippen molar-refractivity contribution in [2.45, 2.75) is 26.8 Å². The third-order valence-corrected chi connectivity index (χ3v) is 5.79. The van der Waals surface area contributed by atoms with Crippen LogP contribution in [0.5, 0.6) is 17.2 Å². The summed E-state index contributed by atoms with van der Waals surface area (Å²) in [6.45, 7) is 4.77. The molecule has 0 unspecified atom stereocenters. The van der Waals surface area contributed by atoms with E-state index in [9.17, 15) is 4.79 Å². The summed E-state index contributed by atoms with van der Waals surface area (Å²) in [5.74, 6) is 1.85. The van der Waals surface area contributed by atoms with Crippen molar-refractivity contribution in [3.63, 3.8) is 0 Å². The van der Waals surface area contributed by atoms with Gasteiger partial charge in [-0.05, 0) is 31.5 Å². The van der Waals surface area contributed by atoms with Gasteiger partial charge in [0, 0.05) is 18.2 Å². The fourth-order valence-corrected chi connectivity index (χ4v) is 4.33. The van der Waals surface area contributed by atoms with E-state index in [0.29, 0.717) is 22.8 Å². The van der Waals surface area contributed by atoms with Gasteiger partial charge in [-0.2, -0.15) is 4.99 Å². The number of hydrogen-bond donors (Lipinski definition) is 0. The number of fused-ring (bicyclic) bond motifs is 1. The lowest BCUT2D eigenvalue weighted by Crippen LogP contribution is -2.17. The van der Waals surface area contributed by atoms with Crippen molar-refractivity contribution in [2.24, 2.45) is 4.99 Å². The summed E-state index contributed by atoms with van der Waals surface area (Å²) in [6, 6.07) is 9.38. The zero-order valence-electron chi connectivity index (χ0n) is 16.7. The van der Waals surface area contributed by atoms with E-state index in [0.717, 1.165) is 27.1 Å². The molecule has 1 amide bonds. The first-order valence-corrected chi connectivity index (χ1v) is 9.79. The van der Waals surface area contributed by atoms with Gasteiger partial charge in [-0.3, -0.25) is 4.79 Å². The molecule has 0 aliphatic rings. The van der Waals surface area contributed by atoms with Crippen molar-refractivity contribution < 1.29 is 19.0 Å². The van der Waals surface area contributed by atoms with Gasteiger partial charge >= 0.3 is 0 Å². The van der Waals surface area contributed by atoms with Gasteiger partial charge in [0.25, 0.3) is 5.91 Å². The van der Waals surface area contributed by atoms with Gasteiger partial charge in [-0.15, -0.1) is 0 Å². The maximum absolute atomic E-state index is 12.7. The molecule has 0 aliphatic carbocycles. The SMILES string of the molecule is CCn1c(=NC(=O)Cc2ccc(OC)cc2OC)sc2c(C)ccc(OC)c21. The van der Waals surface area contributed by atoms with E-state index in [4.69, 9.17) is 14.2 Å². The summed E-state index contributed by atoms with van der Waals surface area (Å²) in [7, 11) is 4.82. The van der Waals surface area contributed by atoms with Crippen molar-refractivity contribution in [1.29, 1.82) is 0 Å². The van der Waals surface area contributed by atoms with E-state index in [1.807, 2.05) is 42.7 Å². The molecular formula is C21H24N2O4S. The number of amides is 1. The average Bonchev–Trinajstić information content (AvgIpc) is 3.07. The monoisotopic (exact) mass is 400 g/mol. The highest BCUT2D eigenvalue weighted by Crippen LogP contribution is 2.30. The molecule has 0 bridgehead atoms. The molecule has 0 N–H and O–H groups in total. The van der Waals surface area contributed by atoms with Crippen LogP contribution < -0.4 is 19.0 Å². The first-order chi connectivity index (χ1) is 13.5. The number of carbonyl (C=O) groups excluding carboxylic acids is 1. The summed E-state index contributed by atoms with van der Waals surface area (Å²) in [4.78, 5) is 17.8. The molecule has 0 spiro atoms. The molecule has 3 rings (SSSR count). The number of aromatic nitrogens is 1.